The molecular weight excluding hydrogens is 188 g/mol. The Morgan fingerprint density at radius 3 is 1.73 bits per heavy atom. The maximum absolute atomic E-state index is 11.8. The van der Waals surface area contributed by atoms with Crippen LogP contribution in [-0.2, 0) is 4.79 Å². The first-order valence-corrected chi connectivity index (χ1v) is 5.52. The number of hydrogen-bond donors (Lipinski definition) is 2. The highest BCUT2D eigenvalue weighted by Crippen LogP contribution is 2.21. The second-order valence-electron chi connectivity index (χ2n) is 6.44. The zero-order valence-electron chi connectivity index (χ0n) is 11.1. The van der Waals surface area contributed by atoms with Crippen molar-refractivity contribution < 1.29 is 4.79 Å². The zero-order valence-corrected chi connectivity index (χ0v) is 11.1. The third kappa shape index (κ3) is 4.65. The van der Waals surface area contributed by atoms with Crippen LogP contribution in [0.4, 0.5) is 0 Å². The molecule has 1 amide bonds. The van der Waals surface area contributed by atoms with Gasteiger partial charge in [-0.3, -0.25) is 4.79 Å². The van der Waals surface area contributed by atoms with Gasteiger partial charge in [-0.25, -0.2) is 0 Å². The highest BCUT2D eigenvalue weighted by atomic mass is 16.2. The Morgan fingerprint density at radius 2 is 1.47 bits per heavy atom. The Bertz CT molecular complexity index is 223. The molecule has 0 aromatic carbocycles. The minimum Gasteiger partial charge on any atom is -0.352 e. The summed E-state index contributed by atoms with van der Waals surface area (Å²) in [4.78, 5) is 11.8. The van der Waals surface area contributed by atoms with E-state index in [4.69, 9.17) is 5.73 Å². The normalized spacial score (nSPS) is 17.1. The fourth-order valence-electron chi connectivity index (χ4n) is 0.913. The van der Waals surface area contributed by atoms with Crippen molar-refractivity contribution in [2.75, 3.05) is 0 Å². The van der Waals surface area contributed by atoms with Crippen LogP contribution in [0.1, 0.15) is 48.5 Å². The fourth-order valence-corrected chi connectivity index (χ4v) is 0.913. The van der Waals surface area contributed by atoms with Crippen molar-refractivity contribution in [2.45, 2.75) is 60.5 Å². The first-order valence-electron chi connectivity index (χ1n) is 5.52. The Morgan fingerprint density at radius 1 is 1.07 bits per heavy atom. The number of rotatable bonds is 2. The summed E-state index contributed by atoms with van der Waals surface area (Å²) in [5, 5.41) is 2.96. The molecule has 0 spiro atoms. The molecule has 0 aromatic heterocycles. The molecule has 0 aromatic rings. The number of nitrogens with one attached hydrogen (secondary N) is 1. The molecule has 90 valence electrons. The molecule has 1 unspecified atom stereocenters. The van der Waals surface area contributed by atoms with Crippen LogP contribution in [0.3, 0.4) is 0 Å². The summed E-state index contributed by atoms with van der Waals surface area (Å²) in [5.41, 5.74) is 5.74. The van der Waals surface area contributed by atoms with E-state index in [0.717, 1.165) is 0 Å². The molecule has 3 nitrogen and oxygen atoms in total. The average Bonchev–Trinajstić information content (AvgIpc) is 1.99. The number of carbonyl (C=O) groups is 1. The maximum atomic E-state index is 11.8. The van der Waals surface area contributed by atoms with Gasteiger partial charge in [-0.15, -0.1) is 0 Å². The molecule has 0 aliphatic carbocycles. The predicted molar refractivity (Wildman–Crippen MR) is 64.5 cm³/mol. The van der Waals surface area contributed by atoms with E-state index < -0.39 is 6.04 Å². The van der Waals surface area contributed by atoms with E-state index in [1.54, 1.807) is 0 Å². The molecule has 0 saturated heterocycles. The van der Waals surface area contributed by atoms with Crippen molar-refractivity contribution >= 4 is 5.91 Å². The Labute approximate surface area is 93.8 Å². The van der Waals surface area contributed by atoms with Crippen molar-refractivity contribution in [2.24, 2.45) is 16.6 Å². The Kier molecular flexibility index (Phi) is 4.35. The van der Waals surface area contributed by atoms with Gasteiger partial charge < -0.3 is 11.1 Å². The first-order chi connectivity index (χ1) is 6.46. The summed E-state index contributed by atoms with van der Waals surface area (Å²) in [6.07, 6.45) is 0. The van der Waals surface area contributed by atoms with E-state index in [1.165, 1.54) is 0 Å². The molecule has 0 rings (SSSR count). The van der Waals surface area contributed by atoms with Crippen LogP contribution < -0.4 is 11.1 Å². The van der Waals surface area contributed by atoms with Crippen LogP contribution in [-0.4, -0.2) is 18.0 Å². The second-order valence-corrected chi connectivity index (χ2v) is 6.44. The molecule has 0 fully saturated rings. The molecule has 0 heterocycles. The lowest BCUT2D eigenvalue weighted by Gasteiger charge is -2.32. The molecule has 0 bridgehead atoms. The van der Waals surface area contributed by atoms with Gasteiger partial charge in [0.1, 0.15) is 0 Å². The molecular formula is C12H26N2O. The van der Waals surface area contributed by atoms with Crippen molar-refractivity contribution in [3.8, 4) is 0 Å². The molecule has 3 heteroatoms. The molecule has 0 aliphatic rings. The summed E-state index contributed by atoms with van der Waals surface area (Å²) in [5.74, 6) is -0.0649. The van der Waals surface area contributed by atoms with Crippen molar-refractivity contribution in [3.63, 3.8) is 0 Å². The summed E-state index contributed by atoms with van der Waals surface area (Å²) in [6, 6.07) is -0.333. The monoisotopic (exact) mass is 214 g/mol. The van der Waals surface area contributed by atoms with Crippen molar-refractivity contribution in [3.05, 3.63) is 0 Å². The second kappa shape index (κ2) is 4.52. The fraction of sp³-hybridized carbons (Fsp3) is 0.917. The van der Waals surface area contributed by atoms with Crippen molar-refractivity contribution in [1.29, 1.82) is 0 Å². The summed E-state index contributed by atoms with van der Waals surface area (Å²) in [7, 11) is 0. The lowest BCUT2D eigenvalue weighted by molar-refractivity contribution is -0.125. The van der Waals surface area contributed by atoms with Gasteiger partial charge in [0.15, 0.2) is 0 Å². The third-order valence-corrected chi connectivity index (χ3v) is 2.87. The standard InChI is InChI=1S/C12H26N2O/c1-8(11(2,3)4)14-10(15)9(13)12(5,6)7/h8-9H,13H2,1-7H3,(H,14,15)/t8?,9-/m0/s1. The van der Waals surface area contributed by atoms with Gasteiger partial charge in [-0.1, -0.05) is 41.5 Å². The molecule has 3 N–H and O–H groups in total. The maximum Gasteiger partial charge on any atom is 0.237 e. The largest absolute Gasteiger partial charge is 0.352 e. The summed E-state index contributed by atoms with van der Waals surface area (Å²) < 4.78 is 0. The molecule has 0 radical (unpaired) electrons. The first kappa shape index (κ1) is 14.4. The van der Waals surface area contributed by atoms with E-state index in [2.05, 4.69) is 26.1 Å². The number of carbonyl (C=O) groups excluding carboxylic acids is 1. The Hall–Kier alpha value is -0.570. The van der Waals surface area contributed by atoms with Crippen LogP contribution in [0.5, 0.6) is 0 Å². The number of hydrogen-bond acceptors (Lipinski definition) is 2. The highest BCUT2D eigenvalue weighted by Gasteiger charge is 2.30. The molecule has 15 heavy (non-hydrogen) atoms. The van der Waals surface area contributed by atoms with E-state index in [1.807, 2.05) is 27.7 Å². The Balaban J connectivity index is 4.39. The number of nitrogens with two attached hydrogens (primary N) is 1. The van der Waals surface area contributed by atoms with Gasteiger partial charge in [0.25, 0.3) is 0 Å². The van der Waals surface area contributed by atoms with E-state index in [0.29, 0.717) is 0 Å². The average molecular weight is 214 g/mol. The lowest BCUT2D eigenvalue weighted by Crippen LogP contribution is -2.53. The lowest BCUT2D eigenvalue weighted by atomic mass is 9.85. The van der Waals surface area contributed by atoms with Crippen LogP contribution in [0.25, 0.3) is 0 Å². The van der Waals surface area contributed by atoms with Gasteiger partial charge in [-0.05, 0) is 17.8 Å². The molecule has 0 aliphatic heterocycles. The van der Waals surface area contributed by atoms with E-state index in [9.17, 15) is 4.79 Å². The smallest absolute Gasteiger partial charge is 0.237 e. The minimum absolute atomic E-state index is 0.0628. The zero-order chi connectivity index (χ0) is 12.4. The van der Waals surface area contributed by atoms with Crippen LogP contribution >= 0.6 is 0 Å². The summed E-state index contributed by atoms with van der Waals surface area (Å²) in [6.45, 7) is 14.2. The van der Waals surface area contributed by atoms with Gasteiger partial charge in [-0.2, -0.15) is 0 Å². The molecule has 2 atom stereocenters. The van der Waals surface area contributed by atoms with Crippen molar-refractivity contribution in [1.82, 2.24) is 5.32 Å². The van der Waals surface area contributed by atoms with Crippen LogP contribution in [0.2, 0.25) is 0 Å². The van der Waals surface area contributed by atoms with Gasteiger partial charge >= 0.3 is 0 Å². The van der Waals surface area contributed by atoms with Gasteiger partial charge in [0.05, 0.1) is 6.04 Å². The van der Waals surface area contributed by atoms with E-state index >= 15 is 0 Å². The topological polar surface area (TPSA) is 55.1 Å². The number of amides is 1. The van der Waals surface area contributed by atoms with E-state index in [-0.39, 0.29) is 22.8 Å². The van der Waals surface area contributed by atoms with Crippen LogP contribution in [0.15, 0.2) is 0 Å². The molecule has 0 saturated carbocycles. The third-order valence-electron chi connectivity index (χ3n) is 2.87. The quantitative estimate of drug-likeness (QED) is 0.737. The van der Waals surface area contributed by atoms with Gasteiger partial charge in [0.2, 0.25) is 5.91 Å². The predicted octanol–water partition coefficient (Wildman–Crippen LogP) is 1.91. The minimum atomic E-state index is -0.456. The summed E-state index contributed by atoms with van der Waals surface area (Å²) >= 11 is 0. The highest BCUT2D eigenvalue weighted by molar-refractivity contribution is 5.82. The SMILES string of the molecule is CC(NC(=O)[C@H](N)C(C)(C)C)C(C)(C)C. The van der Waals surface area contributed by atoms with Crippen LogP contribution in [0, 0.1) is 10.8 Å². The van der Waals surface area contributed by atoms with Gasteiger partial charge in [0, 0.05) is 6.04 Å².